The third kappa shape index (κ3) is 5.34. The molecule has 11 heteroatoms. The standard InChI is InChI=1S/C22H26F3IN6O/c1-12(15-7-16(22(23,24)25)9-17(27)8-15)28-20-18-10-31(11-19(18)29-13(2)30-20)21(33)14-3-5-32(26)6-4-14/h7-9,12,14H,3-6,10-11,27H2,1-2H3,(H,28,29,30)/t12-/m1/s1. The van der Waals surface area contributed by atoms with E-state index in [0.29, 0.717) is 30.3 Å². The number of amides is 1. The van der Waals surface area contributed by atoms with Crippen LogP contribution >= 0.6 is 22.9 Å². The molecule has 0 bridgehead atoms. The first-order valence-corrected chi connectivity index (χ1v) is 11.8. The summed E-state index contributed by atoms with van der Waals surface area (Å²) in [5.41, 5.74) is 6.99. The van der Waals surface area contributed by atoms with Crippen LogP contribution in [0.2, 0.25) is 0 Å². The van der Waals surface area contributed by atoms with Gasteiger partial charge >= 0.3 is 6.18 Å². The predicted octanol–water partition coefficient (Wildman–Crippen LogP) is 4.46. The van der Waals surface area contributed by atoms with E-state index in [-0.39, 0.29) is 17.5 Å². The van der Waals surface area contributed by atoms with Crippen LogP contribution in [0.1, 0.15) is 54.0 Å². The average Bonchev–Trinajstić information content (AvgIpc) is 3.17. The summed E-state index contributed by atoms with van der Waals surface area (Å²) in [7, 11) is 0. The molecule has 3 N–H and O–H groups in total. The molecule has 0 unspecified atom stereocenters. The molecule has 1 saturated heterocycles. The molecule has 7 nitrogen and oxygen atoms in total. The minimum absolute atomic E-state index is 0.00259. The molecular weight excluding hydrogens is 548 g/mol. The summed E-state index contributed by atoms with van der Waals surface area (Å²) in [6.45, 7) is 6.11. The van der Waals surface area contributed by atoms with Crippen molar-refractivity contribution in [3.8, 4) is 0 Å². The van der Waals surface area contributed by atoms with Gasteiger partial charge in [0.25, 0.3) is 0 Å². The highest BCUT2D eigenvalue weighted by atomic mass is 127. The number of nitrogens with zero attached hydrogens (tertiary/aromatic N) is 4. The quantitative estimate of drug-likeness (QED) is 0.319. The molecule has 1 aromatic heterocycles. The topological polar surface area (TPSA) is 87.4 Å². The maximum absolute atomic E-state index is 13.2. The Labute approximate surface area is 204 Å². The fraction of sp³-hybridized carbons (Fsp3) is 0.500. The van der Waals surface area contributed by atoms with Crippen LogP contribution in [0.4, 0.5) is 24.7 Å². The van der Waals surface area contributed by atoms with Crippen molar-refractivity contribution in [3.05, 3.63) is 46.4 Å². The lowest BCUT2D eigenvalue weighted by atomic mass is 9.97. The second kappa shape index (κ2) is 9.24. The first kappa shape index (κ1) is 24.0. The van der Waals surface area contributed by atoms with Gasteiger partial charge in [-0.05, 0) is 50.5 Å². The van der Waals surface area contributed by atoms with Crippen molar-refractivity contribution < 1.29 is 18.0 Å². The zero-order valence-electron chi connectivity index (χ0n) is 18.4. The van der Waals surface area contributed by atoms with Gasteiger partial charge in [-0.15, -0.1) is 0 Å². The van der Waals surface area contributed by atoms with E-state index in [1.54, 1.807) is 13.8 Å². The van der Waals surface area contributed by atoms with Crippen LogP contribution in [-0.2, 0) is 24.1 Å². The maximum Gasteiger partial charge on any atom is 0.416 e. The molecule has 1 aromatic carbocycles. The molecule has 33 heavy (non-hydrogen) atoms. The molecular formula is C22H26F3IN6O. The lowest BCUT2D eigenvalue weighted by molar-refractivity contribution is -0.138. The lowest BCUT2D eigenvalue weighted by Gasteiger charge is -2.29. The van der Waals surface area contributed by atoms with Gasteiger partial charge in [-0.3, -0.25) is 4.79 Å². The van der Waals surface area contributed by atoms with Crippen LogP contribution < -0.4 is 11.1 Å². The van der Waals surface area contributed by atoms with Crippen molar-refractivity contribution in [2.24, 2.45) is 5.92 Å². The smallest absolute Gasteiger partial charge is 0.399 e. The van der Waals surface area contributed by atoms with E-state index in [1.165, 1.54) is 6.07 Å². The largest absolute Gasteiger partial charge is 0.416 e. The fourth-order valence-corrected chi connectivity index (χ4v) is 4.94. The minimum atomic E-state index is -4.48. The van der Waals surface area contributed by atoms with Crippen LogP contribution in [0.3, 0.4) is 0 Å². The summed E-state index contributed by atoms with van der Waals surface area (Å²) in [5.74, 6) is 1.21. The predicted molar refractivity (Wildman–Crippen MR) is 127 cm³/mol. The van der Waals surface area contributed by atoms with Crippen LogP contribution in [0, 0.1) is 12.8 Å². The number of nitrogens with two attached hydrogens (primary N) is 1. The number of carbonyl (C=O) groups is 1. The highest BCUT2D eigenvalue weighted by Gasteiger charge is 2.34. The van der Waals surface area contributed by atoms with E-state index in [0.717, 1.165) is 49.3 Å². The number of fused-ring (bicyclic) bond motifs is 1. The molecule has 2 aliphatic heterocycles. The van der Waals surface area contributed by atoms with Gasteiger partial charge < -0.3 is 16.0 Å². The Morgan fingerprint density at radius 1 is 1.21 bits per heavy atom. The van der Waals surface area contributed by atoms with Crippen molar-refractivity contribution in [1.82, 2.24) is 18.0 Å². The zero-order chi connectivity index (χ0) is 23.9. The van der Waals surface area contributed by atoms with Crippen LogP contribution in [0.25, 0.3) is 0 Å². The molecule has 1 fully saturated rings. The number of aryl methyl sites for hydroxylation is 1. The van der Waals surface area contributed by atoms with E-state index in [4.69, 9.17) is 5.73 Å². The summed E-state index contributed by atoms with van der Waals surface area (Å²) in [5, 5.41) is 3.23. The van der Waals surface area contributed by atoms with Crippen LogP contribution in [0.5, 0.6) is 0 Å². The molecule has 1 atom stereocenters. The van der Waals surface area contributed by atoms with Crippen molar-refractivity contribution >= 4 is 40.3 Å². The Balaban J connectivity index is 1.54. The van der Waals surface area contributed by atoms with Crippen LogP contribution in [-0.4, -0.2) is 37.0 Å². The normalized spacial score (nSPS) is 18.3. The van der Waals surface area contributed by atoms with Crippen molar-refractivity contribution in [3.63, 3.8) is 0 Å². The van der Waals surface area contributed by atoms with Crippen molar-refractivity contribution in [2.45, 2.75) is 52.0 Å². The van der Waals surface area contributed by atoms with Crippen LogP contribution in [0.15, 0.2) is 18.2 Å². The number of benzene rings is 1. The molecule has 0 radical (unpaired) electrons. The Morgan fingerprint density at radius 3 is 2.58 bits per heavy atom. The number of nitrogens with one attached hydrogen (secondary N) is 1. The third-order valence-electron chi connectivity index (χ3n) is 6.15. The number of nitrogen functional groups attached to an aromatic ring is 1. The van der Waals surface area contributed by atoms with Crippen molar-refractivity contribution in [2.75, 3.05) is 24.1 Å². The number of carbonyl (C=O) groups excluding carboxylic acids is 1. The highest BCUT2D eigenvalue weighted by Crippen LogP contribution is 2.35. The Hall–Kier alpha value is -2.15. The number of hydrogen-bond donors (Lipinski definition) is 2. The zero-order valence-corrected chi connectivity index (χ0v) is 20.6. The van der Waals surface area contributed by atoms with E-state index in [9.17, 15) is 18.0 Å². The summed E-state index contributed by atoms with van der Waals surface area (Å²) in [6.07, 6.45) is -2.82. The number of alkyl halides is 3. The first-order valence-electron chi connectivity index (χ1n) is 10.8. The molecule has 0 saturated carbocycles. The SMILES string of the molecule is Cc1nc2c(c(N[C@H](C)c3cc(N)cc(C(F)(F)F)c3)n1)CN(C(=O)C1CCN(I)CC1)C2. The van der Waals surface area contributed by atoms with E-state index in [2.05, 4.69) is 41.3 Å². The Bertz CT molecular complexity index is 1060. The number of aromatic nitrogens is 2. The number of hydrogen-bond acceptors (Lipinski definition) is 6. The molecule has 0 aliphatic carbocycles. The van der Waals surface area contributed by atoms with E-state index >= 15 is 0 Å². The maximum atomic E-state index is 13.2. The van der Waals surface area contributed by atoms with E-state index in [1.807, 2.05) is 4.90 Å². The number of rotatable bonds is 4. The lowest BCUT2D eigenvalue weighted by Crippen LogP contribution is -2.37. The van der Waals surface area contributed by atoms with Crippen molar-refractivity contribution in [1.29, 1.82) is 0 Å². The summed E-state index contributed by atoms with van der Waals surface area (Å²) >= 11 is 2.28. The van der Waals surface area contributed by atoms with Gasteiger partial charge in [0.15, 0.2) is 0 Å². The molecule has 1 amide bonds. The van der Waals surface area contributed by atoms with Gasteiger partial charge in [0, 0.05) is 53.1 Å². The molecule has 4 rings (SSSR count). The van der Waals surface area contributed by atoms with Gasteiger partial charge in [0.1, 0.15) is 11.6 Å². The summed E-state index contributed by atoms with van der Waals surface area (Å²) < 4.78 is 41.9. The highest BCUT2D eigenvalue weighted by molar-refractivity contribution is 14.1. The monoisotopic (exact) mass is 574 g/mol. The summed E-state index contributed by atoms with van der Waals surface area (Å²) in [6, 6.07) is 3.06. The molecule has 0 spiro atoms. The average molecular weight is 574 g/mol. The Kier molecular flexibility index (Phi) is 6.72. The second-order valence-corrected chi connectivity index (χ2v) is 10.0. The number of piperidine rings is 1. The van der Waals surface area contributed by atoms with Gasteiger partial charge in [0.2, 0.25) is 5.91 Å². The number of halogens is 4. The van der Waals surface area contributed by atoms with Gasteiger partial charge in [-0.2, -0.15) is 13.2 Å². The molecule has 3 heterocycles. The van der Waals surface area contributed by atoms with Gasteiger partial charge in [-0.1, -0.05) is 0 Å². The number of anilines is 2. The third-order valence-corrected chi connectivity index (χ3v) is 7.12. The fourth-order valence-electron chi connectivity index (χ4n) is 4.39. The first-order chi connectivity index (χ1) is 15.5. The molecule has 178 valence electrons. The Morgan fingerprint density at radius 2 is 1.91 bits per heavy atom. The summed E-state index contributed by atoms with van der Waals surface area (Å²) in [4.78, 5) is 23.9. The van der Waals surface area contributed by atoms with E-state index < -0.39 is 17.8 Å². The van der Waals surface area contributed by atoms with Gasteiger partial charge in [-0.25, -0.2) is 13.1 Å². The molecule has 2 aromatic rings. The second-order valence-electron chi connectivity index (χ2n) is 8.68. The minimum Gasteiger partial charge on any atom is -0.399 e. The van der Waals surface area contributed by atoms with Gasteiger partial charge in [0.05, 0.1) is 30.4 Å². The molecule has 2 aliphatic rings.